The number of aromatic nitrogens is 3. The Balaban J connectivity index is 1.77. The molecule has 3 N–H and O–H groups in total. The normalized spacial score (nSPS) is 21.0. The molecule has 192 valence electrons. The van der Waals surface area contributed by atoms with E-state index in [1.54, 1.807) is 0 Å². The molecule has 0 aromatic carbocycles. The first-order valence-corrected chi connectivity index (χ1v) is 12.8. The zero-order valence-electron chi connectivity index (χ0n) is 19.0. The first-order valence-electron chi connectivity index (χ1n) is 10.8. The molecule has 1 atom stereocenters. The van der Waals surface area contributed by atoms with E-state index in [0.29, 0.717) is 17.6 Å². The van der Waals surface area contributed by atoms with Crippen LogP contribution in [0.3, 0.4) is 0 Å². The van der Waals surface area contributed by atoms with Crippen LogP contribution in [0.4, 0.5) is 27.6 Å². The molecule has 1 unspecified atom stereocenters. The second kappa shape index (κ2) is 8.14. The minimum absolute atomic E-state index is 0.107. The molecule has 2 aromatic heterocycles. The van der Waals surface area contributed by atoms with Crippen LogP contribution in [-0.4, -0.2) is 37.3 Å². The van der Waals surface area contributed by atoms with Crippen molar-refractivity contribution in [1.29, 1.82) is 4.78 Å². The number of alkyl halides is 5. The van der Waals surface area contributed by atoms with E-state index in [1.807, 2.05) is 0 Å². The van der Waals surface area contributed by atoms with Crippen LogP contribution in [0.25, 0.3) is 0 Å². The van der Waals surface area contributed by atoms with E-state index in [1.165, 1.54) is 6.92 Å². The van der Waals surface area contributed by atoms with E-state index in [0.717, 1.165) is 35.7 Å². The van der Waals surface area contributed by atoms with Crippen LogP contribution in [0.1, 0.15) is 66.7 Å². The van der Waals surface area contributed by atoms with E-state index in [-0.39, 0.29) is 23.0 Å². The van der Waals surface area contributed by atoms with Crippen LogP contribution >= 0.6 is 0 Å². The highest BCUT2D eigenvalue weighted by molar-refractivity contribution is 7.91. The van der Waals surface area contributed by atoms with Gasteiger partial charge in [-0.2, -0.15) is 18.3 Å². The Morgan fingerprint density at radius 2 is 2.00 bits per heavy atom. The Hall–Kier alpha value is -2.77. The van der Waals surface area contributed by atoms with E-state index in [2.05, 4.69) is 10.4 Å². The first kappa shape index (κ1) is 25.3. The standard InChI is InChI=1S/C21H24F5N5O3S/c1-19(9-20(22,23)10-19)11-30-17(15(21(24,25)26)16(29-30)12-4-3-5-12)18(32)28-13-6-7-31(33)14(8-13)35(2,27)34/h6-8,12,27,33H,3-5,9-11H2,1-2H3/p+1. The zero-order chi connectivity index (χ0) is 26.0. The monoisotopic (exact) mass is 522 g/mol. The van der Waals surface area contributed by atoms with Crippen molar-refractivity contribution < 1.29 is 40.9 Å². The minimum Gasteiger partial charge on any atom is -0.320 e. The molecular formula is C21H25F5N5O3S+. The molecule has 0 aliphatic heterocycles. The lowest BCUT2D eigenvalue weighted by molar-refractivity contribution is -0.932. The molecule has 2 fully saturated rings. The van der Waals surface area contributed by atoms with E-state index in [4.69, 9.17) is 4.78 Å². The number of anilines is 1. The quantitative estimate of drug-likeness (QED) is 0.296. The average Bonchev–Trinajstić information content (AvgIpc) is 2.97. The summed E-state index contributed by atoms with van der Waals surface area (Å²) in [7, 11) is -3.44. The summed E-state index contributed by atoms with van der Waals surface area (Å²) in [5.41, 5.74) is -3.40. The van der Waals surface area contributed by atoms with Gasteiger partial charge in [0.05, 0.1) is 11.4 Å². The smallest absolute Gasteiger partial charge is 0.320 e. The molecule has 0 spiro atoms. The summed E-state index contributed by atoms with van der Waals surface area (Å²) in [6.07, 6.45) is -2.30. The molecular weight excluding hydrogens is 497 g/mol. The SMILES string of the molecule is CC1(Cn2nc(C3CCC3)c(C(F)(F)F)c2C(=O)Nc2cc[n+](O)c(S(C)(=N)=O)c2)CC(F)(F)C1. The van der Waals surface area contributed by atoms with Gasteiger partial charge in [0.1, 0.15) is 21.0 Å². The number of hydrogen-bond acceptors (Lipinski definition) is 5. The molecule has 0 bridgehead atoms. The number of rotatable bonds is 6. The van der Waals surface area contributed by atoms with Gasteiger partial charge in [0.15, 0.2) is 0 Å². The van der Waals surface area contributed by atoms with Crippen molar-refractivity contribution in [1.82, 2.24) is 9.78 Å². The maximum Gasteiger partial charge on any atom is 0.420 e. The fourth-order valence-electron chi connectivity index (χ4n) is 4.77. The number of carbonyl (C=O) groups is 1. The van der Waals surface area contributed by atoms with Gasteiger partial charge in [-0.3, -0.25) is 14.7 Å². The van der Waals surface area contributed by atoms with Crippen LogP contribution in [-0.2, 0) is 22.5 Å². The lowest BCUT2D eigenvalue weighted by atomic mass is 9.67. The number of carbonyl (C=O) groups excluding carboxylic acids is 1. The summed E-state index contributed by atoms with van der Waals surface area (Å²) in [5, 5.41) is 15.8. The maximum atomic E-state index is 14.2. The number of nitrogens with zero attached hydrogens (tertiary/aromatic N) is 3. The molecule has 1 amide bonds. The van der Waals surface area contributed by atoms with Crippen LogP contribution in [0, 0.1) is 10.2 Å². The third-order valence-electron chi connectivity index (χ3n) is 6.43. The van der Waals surface area contributed by atoms with Crippen molar-refractivity contribution in [3.05, 3.63) is 35.3 Å². The second-order valence-electron chi connectivity index (χ2n) is 9.81. The average molecular weight is 523 g/mol. The predicted molar refractivity (Wildman–Crippen MR) is 113 cm³/mol. The van der Waals surface area contributed by atoms with Crippen LogP contribution < -0.4 is 10.0 Å². The minimum atomic E-state index is -4.92. The highest BCUT2D eigenvalue weighted by Crippen LogP contribution is 2.53. The van der Waals surface area contributed by atoms with Gasteiger partial charge >= 0.3 is 11.2 Å². The van der Waals surface area contributed by atoms with Crippen molar-refractivity contribution in [3.63, 3.8) is 0 Å². The number of pyridine rings is 1. The molecule has 35 heavy (non-hydrogen) atoms. The highest BCUT2D eigenvalue weighted by Gasteiger charge is 2.55. The number of hydrogen-bond donors (Lipinski definition) is 3. The molecule has 2 aliphatic rings. The topological polar surface area (TPSA) is 112 Å². The second-order valence-corrected chi connectivity index (χ2v) is 11.9. The molecule has 0 saturated heterocycles. The molecule has 2 aromatic rings. The number of nitrogens with one attached hydrogen (secondary N) is 2. The van der Waals surface area contributed by atoms with Gasteiger partial charge in [0, 0.05) is 48.4 Å². The van der Waals surface area contributed by atoms with Crippen molar-refractivity contribution in [2.75, 3.05) is 11.6 Å². The van der Waals surface area contributed by atoms with Crippen LogP contribution in [0.2, 0.25) is 0 Å². The molecule has 8 nitrogen and oxygen atoms in total. The molecule has 2 aliphatic carbocycles. The summed E-state index contributed by atoms with van der Waals surface area (Å²) in [4.78, 5) is 13.2. The largest absolute Gasteiger partial charge is 0.420 e. The Morgan fingerprint density at radius 3 is 2.49 bits per heavy atom. The molecule has 2 saturated carbocycles. The van der Waals surface area contributed by atoms with Crippen LogP contribution in [0.15, 0.2) is 23.4 Å². The molecule has 4 rings (SSSR count). The van der Waals surface area contributed by atoms with E-state index in [9.17, 15) is 36.2 Å². The Bertz CT molecular complexity index is 1280. The molecule has 2 heterocycles. The summed E-state index contributed by atoms with van der Waals surface area (Å²) in [6, 6.07) is 2.17. The summed E-state index contributed by atoms with van der Waals surface area (Å²) < 4.78 is 90.8. The fraction of sp³-hybridized carbons (Fsp3) is 0.571. The lowest BCUT2D eigenvalue weighted by Gasteiger charge is -2.44. The van der Waals surface area contributed by atoms with Crippen molar-refractivity contribution in [2.45, 2.75) is 68.6 Å². The van der Waals surface area contributed by atoms with Gasteiger partial charge in [-0.05, 0) is 18.3 Å². The van der Waals surface area contributed by atoms with Gasteiger partial charge < -0.3 is 5.32 Å². The number of halogens is 5. The summed E-state index contributed by atoms with van der Waals surface area (Å²) >= 11 is 0. The van der Waals surface area contributed by atoms with Gasteiger partial charge in [0.25, 0.3) is 5.91 Å². The Labute approximate surface area is 198 Å². The van der Waals surface area contributed by atoms with Gasteiger partial charge in [0.2, 0.25) is 12.1 Å². The molecule has 0 radical (unpaired) electrons. The molecule has 14 heteroatoms. The Morgan fingerprint density at radius 1 is 1.37 bits per heavy atom. The third kappa shape index (κ3) is 4.98. The summed E-state index contributed by atoms with van der Waals surface area (Å²) in [6.45, 7) is 1.22. The van der Waals surface area contributed by atoms with Crippen molar-refractivity contribution in [3.8, 4) is 0 Å². The highest BCUT2D eigenvalue weighted by atomic mass is 32.2. The maximum absolute atomic E-state index is 14.2. The van der Waals surface area contributed by atoms with Crippen molar-refractivity contribution in [2.24, 2.45) is 5.41 Å². The zero-order valence-corrected chi connectivity index (χ0v) is 19.8. The van der Waals surface area contributed by atoms with E-state index >= 15 is 0 Å². The fourth-order valence-corrected chi connectivity index (χ4v) is 5.54. The lowest BCUT2D eigenvalue weighted by Crippen LogP contribution is -2.47. The van der Waals surface area contributed by atoms with E-state index < -0.39 is 63.2 Å². The third-order valence-corrected chi connectivity index (χ3v) is 7.53. The Kier molecular flexibility index (Phi) is 5.89. The van der Waals surface area contributed by atoms with Gasteiger partial charge in [-0.25, -0.2) is 17.8 Å². The predicted octanol–water partition coefficient (Wildman–Crippen LogP) is 4.42. The summed E-state index contributed by atoms with van der Waals surface area (Å²) in [5.74, 6) is -4.59. The van der Waals surface area contributed by atoms with Crippen molar-refractivity contribution >= 4 is 21.3 Å². The van der Waals surface area contributed by atoms with Gasteiger partial charge in [-0.15, -0.1) is 0 Å². The first-order chi connectivity index (χ1) is 16.0. The van der Waals surface area contributed by atoms with Crippen LogP contribution in [0.5, 0.6) is 0 Å². The number of amides is 1. The van der Waals surface area contributed by atoms with Gasteiger partial charge in [-0.1, -0.05) is 13.3 Å².